The Labute approximate surface area is 139 Å². The Bertz CT molecular complexity index is 549. The summed E-state index contributed by atoms with van der Waals surface area (Å²) >= 11 is 0. The zero-order chi connectivity index (χ0) is 16.4. The number of esters is 1. The van der Waals surface area contributed by atoms with Crippen LogP contribution in [0.15, 0.2) is 24.3 Å². The predicted molar refractivity (Wildman–Crippen MR) is 90.4 cm³/mol. The fourth-order valence-electron chi connectivity index (χ4n) is 4.06. The molecule has 0 N–H and O–H groups in total. The molecule has 3 nitrogen and oxygen atoms in total. The van der Waals surface area contributed by atoms with Gasteiger partial charge in [0.1, 0.15) is 11.9 Å². The van der Waals surface area contributed by atoms with Gasteiger partial charge in [0, 0.05) is 5.41 Å². The largest absolute Gasteiger partial charge is 0.490 e. The van der Waals surface area contributed by atoms with E-state index in [1.165, 1.54) is 19.1 Å². The fourth-order valence-corrected chi connectivity index (χ4v) is 4.06. The number of rotatable bonds is 5. The van der Waals surface area contributed by atoms with Crippen LogP contribution in [0.5, 0.6) is 5.75 Å². The summed E-state index contributed by atoms with van der Waals surface area (Å²) in [5.41, 5.74) is 1.58. The monoisotopic (exact) mass is 316 g/mol. The van der Waals surface area contributed by atoms with Crippen LogP contribution in [0.2, 0.25) is 0 Å². The fraction of sp³-hybridized carbons (Fsp3) is 0.650. The van der Waals surface area contributed by atoms with Crippen LogP contribution in [0.25, 0.3) is 0 Å². The van der Waals surface area contributed by atoms with E-state index in [0.717, 1.165) is 37.9 Å². The van der Waals surface area contributed by atoms with Crippen LogP contribution >= 0.6 is 0 Å². The minimum absolute atomic E-state index is 0.0484. The van der Waals surface area contributed by atoms with Crippen LogP contribution in [0.1, 0.15) is 51.5 Å². The molecule has 1 aromatic rings. The number of ether oxygens (including phenoxy) is 2. The summed E-state index contributed by atoms with van der Waals surface area (Å²) in [4.78, 5) is 11.8. The molecule has 0 unspecified atom stereocenters. The first-order chi connectivity index (χ1) is 11.0. The molecule has 0 radical (unpaired) electrons. The van der Waals surface area contributed by atoms with Crippen molar-refractivity contribution in [1.82, 2.24) is 0 Å². The third-order valence-corrected chi connectivity index (χ3v) is 5.38. The second-order valence-corrected chi connectivity index (χ2v) is 7.73. The lowest BCUT2D eigenvalue weighted by atomic mass is 9.79. The zero-order valence-electron chi connectivity index (χ0n) is 14.5. The molecule has 2 saturated carbocycles. The summed E-state index contributed by atoms with van der Waals surface area (Å²) in [6.07, 6.45) is 6.62. The Morgan fingerprint density at radius 1 is 1.26 bits per heavy atom. The highest BCUT2D eigenvalue weighted by Gasteiger charge is 2.58. The maximum Gasteiger partial charge on any atom is 0.308 e. The number of carbonyl (C=O) groups is 1. The molecule has 126 valence electrons. The third-order valence-electron chi connectivity index (χ3n) is 5.38. The number of hydrogen-bond acceptors (Lipinski definition) is 3. The second-order valence-electron chi connectivity index (χ2n) is 7.73. The first-order valence-electron chi connectivity index (χ1n) is 8.86. The third kappa shape index (κ3) is 3.70. The maximum atomic E-state index is 11.8. The molecule has 3 rings (SSSR count). The number of methoxy groups -OCH3 is 1. The summed E-state index contributed by atoms with van der Waals surface area (Å²) in [5.74, 6) is 1.65. The van der Waals surface area contributed by atoms with Gasteiger partial charge in [0.2, 0.25) is 0 Å². The summed E-state index contributed by atoms with van der Waals surface area (Å²) in [5, 5.41) is 0. The van der Waals surface area contributed by atoms with Crippen molar-refractivity contribution in [2.75, 3.05) is 7.11 Å². The molecule has 3 atom stereocenters. The van der Waals surface area contributed by atoms with Gasteiger partial charge in [0.05, 0.1) is 13.0 Å². The Balaban J connectivity index is 1.57. The molecular weight excluding hydrogens is 288 g/mol. The van der Waals surface area contributed by atoms with E-state index < -0.39 is 0 Å². The van der Waals surface area contributed by atoms with Gasteiger partial charge in [-0.25, -0.2) is 0 Å². The van der Waals surface area contributed by atoms with Crippen molar-refractivity contribution >= 4 is 5.97 Å². The molecule has 0 aliphatic heterocycles. The second kappa shape index (κ2) is 6.54. The average Bonchev–Trinajstić information content (AvgIpc) is 3.18. The van der Waals surface area contributed by atoms with Crippen LogP contribution < -0.4 is 4.74 Å². The van der Waals surface area contributed by atoms with E-state index in [-0.39, 0.29) is 23.4 Å². The molecule has 1 spiro atoms. The molecule has 3 heteroatoms. The molecule has 0 aromatic heterocycles. The predicted octanol–water partition coefficient (Wildman–Crippen LogP) is 4.39. The van der Waals surface area contributed by atoms with Crippen molar-refractivity contribution in [3.8, 4) is 5.75 Å². The van der Waals surface area contributed by atoms with Gasteiger partial charge in [-0.05, 0) is 55.7 Å². The van der Waals surface area contributed by atoms with Gasteiger partial charge in [-0.15, -0.1) is 0 Å². The van der Waals surface area contributed by atoms with Gasteiger partial charge in [-0.1, -0.05) is 32.4 Å². The van der Waals surface area contributed by atoms with Crippen molar-refractivity contribution in [2.45, 2.75) is 58.5 Å². The van der Waals surface area contributed by atoms with E-state index >= 15 is 0 Å². The van der Waals surface area contributed by atoms with Crippen molar-refractivity contribution in [2.24, 2.45) is 17.3 Å². The van der Waals surface area contributed by atoms with E-state index in [1.807, 2.05) is 0 Å². The number of carbonyl (C=O) groups excluding carboxylic acids is 1. The van der Waals surface area contributed by atoms with E-state index in [9.17, 15) is 4.79 Å². The zero-order valence-corrected chi connectivity index (χ0v) is 14.5. The molecule has 2 aliphatic carbocycles. The van der Waals surface area contributed by atoms with E-state index in [2.05, 4.69) is 38.1 Å². The Morgan fingerprint density at radius 2 is 2.00 bits per heavy atom. The van der Waals surface area contributed by atoms with E-state index in [0.29, 0.717) is 5.92 Å². The molecular formula is C20H28O3. The standard InChI is InChI=1S/C20H28O3/c1-14(2)11-15-6-8-17(9-7-15)23-18-13-20(18)10-4-5-16(12-20)19(21)22-3/h6-9,14,16,18H,4-5,10-13H2,1-3H3/t16-,18-,20-/m0/s1. The Hall–Kier alpha value is -1.51. The minimum atomic E-state index is -0.0484. The molecule has 2 aliphatic rings. The van der Waals surface area contributed by atoms with Gasteiger partial charge in [-0.2, -0.15) is 0 Å². The average molecular weight is 316 g/mol. The minimum Gasteiger partial charge on any atom is -0.490 e. The summed E-state index contributed by atoms with van der Waals surface area (Å²) in [7, 11) is 1.49. The molecule has 23 heavy (non-hydrogen) atoms. The smallest absolute Gasteiger partial charge is 0.308 e. The van der Waals surface area contributed by atoms with Crippen LogP contribution in [0, 0.1) is 17.3 Å². The highest BCUT2D eigenvalue weighted by Crippen LogP contribution is 2.59. The van der Waals surface area contributed by atoms with Crippen molar-refractivity contribution in [3.63, 3.8) is 0 Å². The summed E-state index contributed by atoms with van der Waals surface area (Å²) in [6.45, 7) is 4.47. The number of benzene rings is 1. The molecule has 0 saturated heterocycles. The van der Waals surface area contributed by atoms with Crippen LogP contribution in [-0.2, 0) is 16.0 Å². The van der Waals surface area contributed by atoms with Gasteiger partial charge < -0.3 is 9.47 Å². The van der Waals surface area contributed by atoms with Crippen molar-refractivity contribution in [1.29, 1.82) is 0 Å². The van der Waals surface area contributed by atoms with E-state index in [1.54, 1.807) is 0 Å². The lowest BCUT2D eigenvalue weighted by Crippen LogP contribution is -2.27. The SMILES string of the molecule is COC(=O)[C@H]1CCC[C@]2(C1)C[C@@H]2Oc1ccc(CC(C)C)cc1. The molecule has 1 aromatic carbocycles. The lowest BCUT2D eigenvalue weighted by Gasteiger charge is -2.28. The van der Waals surface area contributed by atoms with Crippen molar-refractivity contribution in [3.05, 3.63) is 29.8 Å². The van der Waals surface area contributed by atoms with Crippen LogP contribution in [-0.4, -0.2) is 19.2 Å². The van der Waals surface area contributed by atoms with Crippen LogP contribution in [0.3, 0.4) is 0 Å². The molecule has 0 bridgehead atoms. The number of hydrogen-bond donors (Lipinski definition) is 0. The normalized spacial score (nSPS) is 29.6. The summed E-state index contributed by atoms with van der Waals surface area (Å²) in [6, 6.07) is 8.51. The molecule has 0 heterocycles. The Kier molecular flexibility index (Phi) is 4.65. The van der Waals surface area contributed by atoms with Gasteiger partial charge in [0.25, 0.3) is 0 Å². The Morgan fingerprint density at radius 3 is 2.65 bits per heavy atom. The molecule has 0 amide bonds. The highest BCUT2D eigenvalue weighted by molar-refractivity contribution is 5.72. The topological polar surface area (TPSA) is 35.5 Å². The van der Waals surface area contributed by atoms with Gasteiger partial charge >= 0.3 is 5.97 Å². The van der Waals surface area contributed by atoms with Gasteiger partial charge in [0.15, 0.2) is 0 Å². The van der Waals surface area contributed by atoms with E-state index in [4.69, 9.17) is 9.47 Å². The van der Waals surface area contributed by atoms with Crippen LogP contribution in [0.4, 0.5) is 0 Å². The van der Waals surface area contributed by atoms with Crippen molar-refractivity contribution < 1.29 is 14.3 Å². The summed E-state index contributed by atoms with van der Waals surface area (Å²) < 4.78 is 11.1. The first-order valence-corrected chi connectivity index (χ1v) is 8.86. The quantitative estimate of drug-likeness (QED) is 0.756. The highest BCUT2D eigenvalue weighted by atomic mass is 16.5. The molecule has 2 fully saturated rings. The van der Waals surface area contributed by atoms with Gasteiger partial charge in [-0.3, -0.25) is 4.79 Å². The first kappa shape index (κ1) is 16.4. The maximum absolute atomic E-state index is 11.8. The lowest BCUT2D eigenvalue weighted by molar-refractivity contribution is -0.147.